The van der Waals surface area contributed by atoms with Gasteiger partial charge in [-0.05, 0) is 6.92 Å². The van der Waals surface area contributed by atoms with Gasteiger partial charge >= 0.3 is 17.9 Å². The van der Waals surface area contributed by atoms with Crippen molar-refractivity contribution < 1.29 is 34.8 Å². The summed E-state index contributed by atoms with van der Waals surface area (Å²) in [5, 5.41) is 33.4. The van der Waals surface area contributed by atoms with Crippen molar-refractivity contribution in [3.63, 3.8) is 0 Å². The molecule has 4 atom stereocenters. The average Bonchev–Trinajstić information content (AvgIpc) is 2.42. The zero-order chi connectivity index (χ0) is 17.9. The molecule has 0 amide bonds. The van der Waals surface area contributed by atoms with E-state index in [1.54, 1.807) is 0 Å². The molecule has 22 heavy (non-hydrogen) atoms. The molecule has 0 unspecified atom stereocenters. The molecular formula is C10H21N3O7S2. The SMILES string of the molecule is C[C@@H](O)[C@H](N)C(=O)O.N[C@@H](CSSC[C@H](N)C(=O)O)C(=O)O. The topological polar surface area (TPSA) is 210 Å². The maximum atomic E-state index is 10.3. The molecule has 0 aromatic carbocycles. The fraction of sp³-hybridized carbons (Fsp3) is 0.700. The summed E-state index contributed by atoms with van der Waals surface area (Å²) < 4.78 is 0. The normalized spacial score (nSPS) is 15.7. The van der Waals surface area contributed by atoms with Gasteiger partial charge in [0, 0.05) is 11.5 Å². The molecule has 0 heterocycles. The van der Waals surface area contributed by atoms with Gasteiger partial charge < -0.3 is 37.6 Å². The molecule has 10 N–H and O–H groups in total. The summed E-state index contributed by atoms with van der Waals surface area (Å²) in [4.78, 5) is 30.4. The van der Waals surface area contributed by atoms with E-state index < -0.39 is 42.1 Å². The Labute approximate surface area is 134 Å². The summed E-state index contributed by atoms with van der Waals surface area (Å²) in [6.07, 6.45) is -0.979. The molecule has 0 aromatic heterocycles. The fourth-order valence-corrected chi connectivity index (χ4v) is 2.82. The van der Waals surface area contributed by atoms with Gasteiger partial charge in [0.1, 0.15) is 18.1 Å². The molecule has 0 fully saturated rings. The van der Waals surface area contributed by atoms with Gasteiger partial charge in [0.25, 0.3) is 0 Å². The van der Waals surface area contributed by atoms with E-state index in [1.807, 2.05) is 0 Å². The summed E-state index contributed by atoms with van der Waals surface area (Å²) in [6, 6.07) is -3.00. The van der Waals surface area contributed by atoms with Gasteiger partial charge in [0.2, 0.25) is 0 Å². The predicted octanol–water partition coefficient (Wildman–Crippen LogP) is -2.03. The number of rotatable bonds is 9. The van der Waals surface area contributed by atoms with E-state index in [0.717, 1.165) is 0 Å². The lowest BCUT2D eigenvalue weighted by molar-refractivity contribution is -0.141. The van der Waals surface area contributed by atoms with Crippen LogP contribution in [0.2, 0.25) is 0 Å². The smallest absolute Gasteiger partial charge is 0.323 e. The van der Waals surface area contributed by atoms with Crippen LogP contribution in [0.25, 0.3) is 0 Å². The third-order valence-corrected chi connectivity index (χ3v) is 4.49. The molecule has 0 saturated carbocycles. The zero-order valence-electron chi connectivity index (χ0n) is 11.8. The minimum absolute atomic E-state index is 0.229. The monoisotopic (exact) mass is 359 g/mol. The molecule has 12 heteroatoms. The molecule has 0 bridgehead atoms. The second kappa shape index (κ2) is 12.5. The first-order valence-corrected chi connectivity index (χ1v) is 8.37. The molecular weight excluding hydrogens is 338 g/mol. The van der Waals surface area contributed by atoms with Gasteiger partial charge in [-0.25, -0.2) is 0 Å². The molecule has 10 nitrogen and oxygen atoms in total. The fourth-order valence-electron chi connectivity index (χ4n) is 0.592. The molecule has 0 aromatic rings. The van der Waals surface area contributed by atoms with Gasteiger partial charge in [-0.3, -0.25) is 14.4 Å². The average molecular weight is 359 g/mol. The van der Waals surface area contributed by atoms with E-state index in [4.69, 9.17) is 37.6 Å². The van der Waals surface area contributed by atoms with E-state index in [9.17, 15) is 14.4 Å². The van der Waals surface area contributed by atoms with Crippen LogP contribution in [0.3, 0.4) is 0 Å². The van der Waals surface area contributed by atoms with Crippen LogP contribution in [-0.4, -0.2) is 74.1 Å². The first-order chi connectivity index (χ1) is 10.0. The maximum Gasteiger partial charge on any atom is 0.323 e. The van der Waals surface area contributed by atoms with Crippen LogP contribution >= 0.6 is 21.6 Å². The third kappa shape index (κ3) is 12.7. The number of carboxylic acid groups (broad SMARTS) is 3. The molecule has 0 aliphatic carbocycles. The number of nitrogens with two attached hydrogens (primary N) is 3. The highest BCUT2D eigenvalue weighted by Crippen LogP contribution is 2.22. The standard InChI is InChI=1S/C6H12N2O4S2.C4H9NO3/c7-3(5(9)10)1-13-14-2-4(8)6(11)12;1-2(6)3(5)4(7)8/h3-4H,1-2,7-8H2,(H,9,10)(H,11,12);2-3,6H,5H2,1H3,(H,7,8)/t3-,4-;2-,3+/m01/s1. The number of hydrogen-bond donors (Lipinski definition) is 7. The Morgan fingerprint density at radius 1 is 0.864 bits per heavy atom. The second-order valence-corrected chi connectivity index (χ2v) is 6.62. The van der Waals surface area contributed by atoms with Crippen LogP contribution in [0.4, 0.5) is 0 Å². The van der Waals surface area contributed by atoms with Gasteiger partial charge in [0.05, 0.1) is 6.10 Å². The van der Waals surface area contributed by atoms with Crippen molar-refractivity contribution in [2.24, 2.45) is 17.2 Å². The van der Waals surface area contributed by atoms with Crippen LogP contribution in [0.15, 0.2) is 0 Å². The van der Waals surface area contributed by atoms with Crippen molar-refractivity contribution >= 4 is 39.5 Å². The highest BCUT2D eigenvalue weighted by Gasteiger charge is 2.16. The molecule has 0 radical (unpaired) electrons. The molecule has 130 valence electrons. The van der Waals surface area contributed by atoms with Crippen molar-refractivity contribution in [3.05, 3.63) is 0 Å². The lowest BCUT2D eigenvalue weighted by Crippen LogP contribution is -2.39. The molecule has 0 aliphatic heterocycles. The van der Waals surface area contributed by atoms with E-state index in [-0.39, 0.29) is 11.5 Å². The lowest BCUT2D eigenvalue weighted by Gasteiger charge is -2.07. The summed E-state index contributed by atoms with van der Waals surface area (Å²) >= 11 is 0. The van der Waals surface area contributed by atoms with E-state index in [1.165, 1.54) is 28.5 Å². The summed E-state index contributed by atoms with van der Waals surface area (Å²) in [5.74, 6) is -2.86. The molecule has 0 spiro atoms. The van der Waals surface area contributed by atoms with Crippen LogP contribution in [0.5, 0.6) is 0 Å². The number of carbonyl (C=O) groups is 3. The molecule has 0 rings (SSSR count). The first-order valence-electron chi connectivity index (χ1n) is 5.88. The van der Waals surface area contributed by atoms with Gasteiger partial charge in [-0.15, -0.1) is 0 Å². The maximum absolute atomic E-state index is 10.3. The summed E-state index contributed by atoms with van der Waals surface area (Å²) in [7, 11) is 2.41. The Kier molecular flexibility index (Phi) is 13.2. The van der Waals surface area contributed by atoms with Gasteiger partial charge in [0.15, 0.2) is 0 Å². The molecule has 0 aliphatic rings. The number of aliphatic hydroxyl groups excluding tert-OH is 1. The predicted molar refractivity (Wildman–Crippen MR) is 83.4 cm³/mol. The minimum Gasteiger partial charge on any atom is -0.480 e. The molecule has 0 saturated heterocycles. The quantitative estimate of drug-likeness (QED) is 0.175. The largest absolute Gasteiger partial charge is 0.480 e. The lowest BCUT2D eigenvalue weighted by atomic mass is 10.2. The van der Waals surface area contributed by atoms with Crippen LogP contribution in [0, 0.1) is 0 Å². The number of aliphatic carboxylic acids is 3. The summed E-state index contributed by atoms with van der Waals surface area (Å²) in [5.41, 5.74) is 15.3. The zero-order valence-corrected chi connectivity index (χ0v) is 13.4. The van der Waals surface area contributed by atoms with E-state index in [2.05, 4.69) is 0 Å². The summed E-state index contributed by atoms with van der Waals surface area (Å²) in [6.45, 7) is 1.33. The Hall–Kier alpha value is -1.05. The van der Waals surface area contributed by atoms with Crippen LogP contribution in [-0.2, 0) is 14.4 Å². The van der Waals surface area contributed by atoms with Crippen molar-refractivity contribution in [3.8, 4) is 0 Å². The first kappa shape index (κ1) is 23.2. The van der Waals surface area contributed by atoms with Crippen LogP contribution < -0.4 is 17.2 Å². The van der Waals surface area contributed by atoms with Crippen molar-refractivity contribution in [2.45, 2.75) is 31.2 Å². The minimum atomic E-state index is -1.18. The highest BCUT2D eigenvalue weighted by atomic mass is 33.1. The number of carboxylic acids is 3. The highest BCUT2D eigenvalue weighted by molar-refractivity contribution is 8.76. The Balaban J connectivity index is 0. The van der Waals surface area contributed by atoms with E-state index >= 15 is 0 Å². The Bertz CT molecular complexity index is 348. The van der Waals surface area contributed by atoms with Crippen molar-refractivity contribution in [1.82, 2.24) is 0 Å². The van der Waals surface area contributed by atoms with Crippen molar-refractivity contribution in [2.75, 3.05) is 11.5 Å². The number of hydrogen-bond acceptors (Lipinski definition) is 9. The van der Waals surface area contributed by atoms with E-state index in [0.29, 0.717) is 0 Å². The third-order valence-electron chi connectivity index (χ3n) is 2.02. The Morgan fingerprint density at radius 3 is 1.32 bits per heavy atom. The van der Waals surface area contributed by atoms with Crippen molar-refractivity contribution in [1.29, 1.82) is 0 Å². The number of aliphatic hydroxyl groups is 1. The second-order valence-electron chi connectivity index (χ2n) is 4.06. The van der Waals surface area contributed by atoms with Gasteiger partial charge in [-0.1, -0.05) is 21.6 Å². The van der Waals surface area contributed by atoms with Crippen LogP contribution in [0.1, 0.15) is 6.92 Å². The Morgan fingerprint density at radius 2 is 1.18 bits per heavy atom. The van der Waals surface area contributed by atoms with Gasteiger partial charge in [-0.2, -0.15) is 0 Å².